The van der Waals surface area contributed by atoms with E-state index >= 15 is 0 Å². The maximum Gasteiger partial charge on any atom is 0.321 e. The standard InChI is InChI=1S/C27H32N4O7/c1-4-36-26(33)23-24(19-7-6-18(34-2)14-21(19)35-3)28-27(29-25(23)32)31-11-9-30(10-12-31)15-17-5-8-20-22(13-17)38-16-37-20/h5-8,13-14,23-24H,4,9-12,15-16H2,1-3H3,(H,28,29,32)/t23-,24-/m0/s1. The molecule has 0 radical (unpaired) electrons. The van der Waals surface area contributed by atoms with Crippen LogP contribution in [-0.2, 0) is 20.9 Å². The average molecular weight is 525 g/mol. The van der Waals surface area contributed by atoms with Gasteiger partial charge in [0.05, 0.1) is 20.8 Å². The summed E-state index contributed by atoms with van der Waals surface area (Å²) in [7, 11) is 3.09. The largest absolute Gasteiger partial charge is 0.497 e. The van der Waals surface area contributed by atoms with Crippen molar-refractivity contribution in [2.75, 3.05) is 53.8 Å². The van der Waals surface area contributed by atoms with Crippen LogP contribution in [0.3, 0.4) is 0 Å². The lowest BCUT2D eigenvalue weighted by molar-refractivity contribution is -0.153. The lowest BCUT2D eigenvalue weighted by atomic mass is 9.90. The maximum absolute atomic E-state index is 13.3. The molecule has 1 fully saturated rings. The highest BCUT2D eigenvalue weighted by Gasteiger charge is 2.43. The van der Waals surface area contributed by atoms with Crippen molar-refractivity contribution < 1.29 is 33.3 Å². The fourth-order valence-corrected chi connectivity index (χ4v) is 4.93. The zero-order valence-electron chi connectivity index (χ0n) is 21.8. The number of guanidine groups is 1. The number of aliphatic imine (C=N–C) groups is 1. The molecule has 1 saturated heterocycles. The topological polar surface area (TPSA) is 111 Å². The molecule has 0 aliphatic carbocycles. The molecule has 1 amide bonds. The van der Waals surface area contributed by atoms with E-state index in [1.165, 1.54) is 7.11 Å². The number of nitrogens with one attached hydrogen (secondary N) is 1. The number of methoxy groups -OCH3 is 2. The second-order valence-corrected chi connectivity index (χ2v) is 9.18. The molecule has 0 saturated carbocycles. The molecule has 5 rings (SSSR count). The lowest BCUT2D eigenvalue weighted by Gasteiger charge is -2.39. The van der Waals surface area contributed by atoms with Gasteiger partial charge in [-0.1, -0.05) is 6.07 Å². The third-order valence-electron chi connectivity index (χ3n) is 6.91. The summed E-state index contributed by atoms with van der Waals surface area (Å²) in [5.74, 6) is 0.874. The Morgan fingerprint density at radius 1 is 1.05 bits per heavy atom. The van der Waals surface area contributed by atoms with E-state index in [4.69, 9.17) is 28.7 Å². The van der Waals surface area contributed by atoms with Crippen LogP contribution in [0.1, 0.15) is 24.1 Å². The minimum absolute atomic E-state index is 0.164. The number of nitrogens with zero attached hydrogens (tertiary/aromatic N) is 3. The second kappa shape index (κ2) is 11.2. The molecule has 11 heteroatoms. The van der Waals surface area contributed by atoms with Crippen LogP contribution in [0.15, 0.2) is 41.4 Å². The van der Waals surface area contributed by atoms with Crippen LogP contribution in [0.25, 0.3) is 0 Å². The number of esters is 1. The maximum atomic E-state index is 13.3. The number of fused-ring (bicyclic) bond motifs is 1. The van der Waals surface area contributed by atoms with Crippen LogP contribution in [0.5, 0.6) is 23.0 Å². The first kappa shape index (κ1) is 25.7. The van der Waals surface area contributed by atoms with Gasteiger partial charge in [0.15, 0.2) is 17.4 Å². The van der Waals surface area contributed by atoms with Gasteiger partial charge in [-0.15, -0.1) is 0 Å². The molecule has 2 aromatic rings. The molecule has 3 heterocycles. The first-order valence-corrected chi connectivity index (χ1v) is 12.6. The first-order chi connectivity index (χ1) is 18.5. The van der Waals surface area contributed by atoms with Crippen LogP contribution in [0.4, 0.5) is 0 Å². The lowest BCUT2D eigenvalue weighted by Crippen LogP contribution is -2.57. The summed E-state index contributed by atoms with van der Waals surface area (Å²) in [5, 5.41) is 2.85. The van der Waals surface area contributed by atoms with E-state index in [0.717, 1.165) is 36.7 Å². The Morgan fingerprint density at radius 3 is 2.58 bits per heavy atom. The number of piperazine rings is 1. The smallest absolute Gasteiger partial charge is 0.321 e. The molecule has 11 nitrogen and oxygen atoms in total. The predicted octanol–water partition coefficient (Wildman–Crippen LogP) is 1.96. The van der Waals surface area contributed by atoms with Crippen molar-refractivity contribution in [3.8, 4) is 23.0 Å². The predicted molar refractivity (Wildman–Crippen MR) is 137 cm³/mol. The van der Waals surface area contributed by atoms with E-state index in [1.54, 1.807) is 32.2 Å². The highest BCUT2D eigenvalue weighted by atomic mass is 16.7. The Balaban J connectivity index is 1.34. The quantitative estimate of drug-likeness (QED) is 0.429. The summed E-state index contributed by atoms with van der Waals surface area (Å²) in [6, 6.07) is 10.5. The van der Waals surface area contributed by atoms with Gasteiger partial charge in [-0.2, -0.15) is 0 Å². The van der Waals surface area contributed by atoms with E-state index in [0.29, 0.717) is 36.1 Å². The molecule has 0 bridgehead atoms. The normalized spacial score (nSPS) is 21.0. The molecular weight excluding hydrogens is 492 g/mol. The molecule has 2 aromatic carbocycles. The molecule has 1 N–H and O–H groups in total. The Hall–Kier alpha value is -3.99. The van der Waals surface area contributed by atoms with E-state index in [1.807, 2.05) is 23.1 Å². The van der Waals surface area contributed by atoms with Crippen molar-refractivity contribution >= 4 is 17.8 Å². The Morgan fingerprint density at radius 2 is 1.84 bits per heavy atom. The number of rotatable bonds is 7. The fraction of sp³-hybridized carbons (Fsp3) is 0.444. The van der Waals surface area contributed by atoms with E-state index in [2.05, 4.69) is 10.2 Å². The van der Waals surface area contributed by atoms with Crippen LogP contribution >= 0.6 is 0 Å². The number of amides is 1. The number of benzene rings is 2. The van der Waals surface area contributed by atoms with Gasteiger partial charge >= 0.3 is 5.97 Å². The fourth-order valence-electron chi connectivity index (χ4n) is 4.93. The van der Waals surface area contributed by atoms with Crippen molar-refractivity contribution in [1.82, 2.24) is 15.1 Å². The van der Waals surface area contributed by atoms with Crippen LogP contribution in [0.2, 0.25) is 0 Å². The van der Waals surface area contributed by atoms with Crippen molar-refractivity contribution in [2.45, 2.75) is 19.5 Å². The minimum atomic E-state index is -1.13. The summed E-state index contributed by atoms with van der Waals surface area (Å²) in [6.45, 7) is 5.80. The molecule has 3 aliphatic heterocycles. The van der Waals surface area contributed by atoms with Gasteiger partial charge in [-0.05, 0) is 36.8 Å². The number of carbonyl (C=O) groups excluding carboxylic acids is 2. The average Bonchev–Trinajstić information content (AvgIpc) is 3.40. The number of hydrogen-bond acceptors (Lipinski definition) is 10. The van der Waals surface area contributed by atoms with E-state index in [9.17, 15) is 9.59 Å². The van der Waals surface area contributed by atoms with Crippen molar-refractivity contribution in [2.24, 2.45) is 10.9 Å². The van der Waals surface area contributed by atoms with E-state index < -0.39 is 23.8 Å². The summed E-state index contributed by atoms with van der Waals surface area (Å²) < 4.78 is 27.0. The highest BCUT2D eigenvalue weighted by Crippen LogP contribution is 2.38. The molecular formula is C27H32N4O7. The molecule has 0 spiro atoms. The molecule has 3 aliphatic rings. The summed E-state index contributed by atoms with van der Waals surface area (Å²) in [5.41, 5.74) is 1.76. The number of hydrogen-bond donors (Lipinski definition) is 1. The van der Waals surface area contributed by atoms with Gasteiger partial charge in [-0.3, -0.25) is 19.8 Å². The third-order valence-corrected chi connectivity index (χ3v) is 6.91. The minimum Gasteiger partial charge on any atom is -0.497 e. The number of ether oxygens (including phenoxy) is 5. The van der Waals surface area contributed by atoms with Gasteiger partial charge in [0, 0.05) is 44.4 Å². The van der Waals surface area contributed by atoms with Gasteiger partial charge < -0.3 is 28.6 Å². The SMILES string of the molecule is CCOC(=O)[C@@H]1C(=O)NC(N2CCN(Cc3ccc4c(c3)OCO4)CC2)=N[C@H]1c1ccc(OC)cc1OC. The summed E-state index contributed by atoms with van der Waals surface area (Å²) in [4.78, 5) is 35.3. The first-order valence-electron chi connectivity index (χ1n) is 12.6. The molecule has 2 atom stereocenters. The molecule has 202 valence electrons. The van der Waals surface area contributed by atoms with Crippen LogP contribution < -0.4 is 24.3 Å². The third kappa shape index (κ3) is 5.19. The van der Waals surface area contributed by atoms with Gasteiger partial charge in [0.25, 0.3) is 0 Å². The van der Waals surface area contributed by atoms with Gasteiger partial charge in [0.1, 0.15) is 17.5 Å². The monoisotopic (exact) mass is 524 g/mol. The van der Waals surface area contributed by atoms with Crippen LogP contribution in [0, 0.1) is 5.92 Å². The van der Waals surface area contributed by atoms with E-state index in [-0.39, 0.29) is 13.4 Å². The van der Waals surface area contributed by atoms with Crippen molar-refractivity contribution in [1.29, 1.82) is 0 Å². The Bertz CT molecular complexity index is 1230. The summed E-state index contributed by atoms with van der Waals surface area (Å²) >= 11 is 0. The number of carbonyl (C=O) groups is 2. The summed E-state index contributed by atoms with van der Waals surface area (Å²) in [6.07, 6.45) is 0. The zero-order valence-corrected chi connectivity index (χ0v) is 21.8. The molecule has 38 heavy (non-hydrogen) atoms. The Labute approximate surface area is 221 Å². The van der Waals surface area contributed by atoms with Gasteiger partial charge in [0.2, 0.25) is 18.7 Å². The Kier molecular flexibility index (Phi) is 7.54. The highest BCUT2D eigenvalue weighted by molar-refractivity contribution is 6.08. The van der Waals surface area contributed by atoms with Crippen molar-refractivity contribution in [3.63, 3.8) is 0 Å². The zero-order chi connectivity index (χ0) is 26.6. The van der Waals surface area contributed by atoms with Crippen LogP contribution in [-0.4, -0.2) is 81.4 Å². The second-order valence-electron chi connectivity index (χ2n) is 9.18. The molecule has 0 aromatic heterocycles. The van der Waals surface area contributed by atoms with Gasteiger partial charge in [-0.25, -0.2) is 4.99 Å². The van der Waals surface area contributed by atoms with Crippen molar-refractivity contribution in [3.05, 3.63) is 47.5 Å². The molecule has 0 unspecified atom stereocenters.